The third-order valence-electron chi connectivity index (χ3n) is 2.30. The molecule has 1 heterocycles. The first-order valence-electron chi connectivity index (χ1n) is 5.22. The first-order valence-corrected chi connectivity index (χ1v) is 5.63. The van der Waals surface area contributed by atoms with Crippen LogP contribution in [-0.2, 0) is 0 Å². The third kappa shape index (κ3) is 3.39. The lowest BCUT2D eigenvalue weighted by Crippen LogP contribution is -2.39. The average Bonchev–Trinajstić information content (AvgIpc) is 2.24. The monoisotopic (exact) mass is 253 g/mol. The highest BCUT2D eigenvalue weighted by Gasteiger charge is 2.17. The van der Waals surface area contributed by atoms with E-state index in [0.29, 0.717) is 12.2 Å². The standard InChI is InChI=1S/C11H15N3O2S/c1-3-14(6-10(12)17)11(16)8-5-13-7(2)4-9(8)15/h4-5H,3,6H2,1-2H3,(H2,12,17)(H,13,15). The molecule has 0 aliphatic carbocycles. The topological polar surface area (TPSA) is 79.2 Å². The van der Waals surface area contributed by atoms with Crippen molar-refractivity contribution in [2.24, 2.45) is 5.73 Å². The maximum Gasteiger partial charge on any atom is 0.259 e. The van der Waals surface area contributed by atoms with Crippen molar-refractivity contribution in [1.82, 2.24) is 9.88 Å². The molecule has 3 N–H and O–H groups in total. The van der Waals surface area contributed by atoms with Gasteiger partial charge >= 0.3 is 0 Å². The molecule has 0 spiro atoms. The molecule has 0 radical (unpaired) electrons. The van der Waals surface area contributed by atoms with Gasteiger partial charge in [0, 0.05) is 24.5 Å². The van der Waals surface area contributed by atoms with Crippen LogP contribution in [-0.4, -0.2) is 33.9 Å². The van der Waals surface area contributed by atoms with Crippen molar-refractivity contribution in [3.63, 3.8) is 0 Å². The molecule has 0 bridgehead atoms. The van der Waals surface area contributed by atoms with Crippen LogP contribution in [0.3, 0.4) is 0 Å². The molecule has 1 amide bonds. The Balaban J connectivity index is 3.02. The molecular formula is C11H15N3O2S. The Hall–Kier alpha value is -1.69. The fraction of sp³-hybridized carbons (Fsp3) is 0.364. The van der Waals surface area contributed by atoms with Gasteiger partial charge in [0.2, 0.25) is 0 Å². The highest BCUT2D eigenvalue weighted by Crippen LogP contribution is 2.00. The summed E-state index contributed by atoms with van der Waals surface area (Å²) in [4.78, 5) is 28.2. The van der Waals surface area contributed by atoms with Crippen LogP contribution in [0, 0.1) is 6.92 Å². The summed E-state index contributed by atoms with van der Waals surface area (Å²) in [5.74, 6) is -0.360. The number of nitrogens with two attached hydrogens (primary N) is 1. The Kier molecular flexibility index (Phi) is 4.39. The molecule has 0 saturated carbocycles. The predicted molar refractivity (Wildman–Crippen MR) is 70.2 cm³/mol. The first-order chi connectivity index (χ1) is 7.95. The highest BCUT2D eigenvalue weighted by atomic mass is 32.1. The SMILES string of the molecule is CCN(CC(N)=S)C(=O)c1c[nH]c(C)cc1=O. The number of rotatable bonds is 4. The van der Waals surface area contributed by atoms with Crippen LogP contribution in [0.15, 0.2) is 17.1 Å². The van der Waals surface area contributed by atoms with E-state index >= 15 is 0 Å². The molecule has 0 fully saturated rings. The number of H-pyrrole nitrogens is 1. The fourth-order valence-electron chi connectivity index (χ4n) is 1.43. The maximum atomic E-state index is 12.0. The smallest absolute Gasteiger partial charge is 0.259 e. The normalized spacial score (nSPS) is 10.0. The Labute approximate surface area is 105 Å². The Morgan fingerprint density at radius 3 is 2.71 bits per heavy atom. The minimum absolute atomic E-state index is 0.105. The molecular weight excluding hydrogens is 238 g/mol. The minimum Gasteiger partial charge on any atom is -0.392 e. The van der Waals surface area contributed by atoms with Crippen LogP contribution >= 0.6 is 12.2 Å². The van der Waals surface area contributed by atoms with E-state index in [4.69, 9.17) is 18.0 Å². The number of aromatic amines is 1. The predicted octanol–water partition coefficient (Wildman–Crippen LogP) is 0.432. The lowest BCUT2D eigenvalue weighted by Gasteiger charge is -2.19. The van der Waals surface area contributed by atoms with Crippen LogP contribution in [0.25, 0.3) is 0 Å². The van der Waals surface area contributed by atoms with E-state index in [-0.39, 0.29) is 28.4 Å². The zero-order chi connectivity index (χ0) is 13.0. The number of amides is 1. The summed E-state index contributed by atoms with van der Waals surface area (Å²) >= 11 is 4.76. The van der Waals surface area contributed by atoms with E-state index in [0.717, 1.165) is 0 Å². The lowest BCUT2D eigenvalue weighted by molar-refractivity contribution is 0.0786. The molecule has 0 atom stereocenters. The van der Waals surface area contributed by atoms with Gasteiger partial charge in [-0.05, 0) is 13.8 Å². The summed E-state index contributed by atoms with van der Waals surface area (Å²) in [7, 11) is 0. The number of thiocarbonyl (C=S) groups is 1. The van der Waals surface area contributed by atoms with Gasteiger partial charge in [-0.3, -0.25) is 9.59 Å². The molecule has 1 aromatic rings. The van der Waals surface area contributed by atoms with Gasteiger partial charge in [0.25, 0.3) is 5.91 Å². The number of carbonyl (C=O) groups is 1. The highest BCUT2D eigenvalue weighted by molar-refractivity contribution is 7.80. The summed E-state index contributed by atoms with van der Waals surface area (Å²) in [5.41, 5.74) is 5.92. The van der Waals surface area contributed by atoms with E-state index < -0.39 is 0 Å². The van der Waals surface area contributed by atoms with Gasteiger partial charge in [0.15, 0.2) is 5.43 Å². The zero-order valence-electron chi connectivity index (χ0n) is 9.82. The Morgan fingerprint density at radius 2 is 2.24 bits per heavy atom. The van der Waals surface area contributed by atoms with Crippen molar-refractivity contribution in [2.45, 2.75) is 13.8 Å². The van der Waals surface area contributed by atoms with Crippen molar-refractivity contribution in [1.29, 1.82) is 0 Å². The van der Waals surface area contributed by atoms with Crippen LogP contribution in [0.4, 0.5) is 0 Å². The van der Waals surface area contributed by atoms with Crippen LogP contribution in [0.2, 0.25) is 0 Å². The lowest BCUT2D eigenvalue weighted by atomic mass is 10.2. The summed E-state index contributed by atoms with van der Waals surface area (Å²) in [5, 5.41) is 0. The molecule has 5 nitrogen and oxygen atoms in total. The molecule has 0 aromatic carbocycles. The molecule has 92 valence electrons. The maximum absolute atomic E-state index is 12.0. The second kappa shape index (κ2) is 5.58. The number of pyridine rings is 1. The van der Waals surface area contributed by atoms with Crippen molar-refractivity contribution >= 4 is 23.1 Å². The van der Waals surface area contributed by atoms with E-state index in [1.807, 2.05) is 0 Å². The second-order valence-electron chi connectivity index (χ2n) is 3.68. The molecule has 17 heavy (non-hydrogen) atoms. The van der Waals surface area contributed by atoms with Crippen molar-refractivity contribution in [2.75, 3.05) is 13.1 Å². The van der Waals surface area contributed by atoms with Crippen LogP contribution in [0.1, 0.15) is 23.0 Å². The molecule has 0 unspecified atom stereocenters. The van der Waals surface area contributed by atoms with Crippen molar-refractivity contribution in [3.8, 4) is 0 Å². The molecule has 0 saturated heterocycles. The molecule has 1 aromatic heterocycles. The number of hydrogen-bond acceptors (Lipinski definition) is 3. The number of carbonyl (C=O) groups excluding carboxylic acids is 1. The van der Waals surface area contributed by atoms with Gasteiger partial charge in [0.1, 0.15) is 5.56 Å². The zero-order valence-corrected chi connectivity index (χ0v) is 10.6. The fourth-order valence-corrected chi connectivity index (χ4v) is 1.58. The van der Waals surface area contributed by atoms with Gasteiger partial charge in [-0.1, -0.05) is 12.2 Å². The van der Waals surface area contributed by atoms with Crippen molar-refractivity contribution < 1.29 is 4.79 Å². The summed E-state index contributed by atoms with van der Waals surface area (Å²) in [6.07, 6.45) is 1.42. The largest absolute Gasteiger partial charge is 0.392 e. The van der Waals surface area contributed by atoms with E-state index in [9.17, 15) is 9.59 Å². The van der Waals surface area contributed by atoms with E-state index in [1.54, 1.807) is 13.8 Å². The molecule has 6 heteroatoms. The Bertz CT molecular complexity index is 496. The van der Waals surface area contributed by atoms with Gasteiger partial charge in [-0.2, -0.15) is 0 Å². The Morgan fingerprint density at radius 1 is 1.59 bits per heavy atom. The minimum atomic E-state index is -0.360. The molecule has 0 aliphatic rings. The van der Waals surface area contributed by atoms with Gasteiger partial charge < -0.3 is 15.6 Å². The number of nitrogens with one attached hydrogen (secondary N) is 1. The number of hydrogen-bond donors (Lipinski definition) is 2. The van der Waals surface area contributed by atoms with Crippen LogP contribution < -0.4 is 11.2 Å². The summed E-state index contributed by atoms with van der Waals surface area (Å²) in [6.45, 7) is 4.18. The van der Waals surface area contributed by atoms with E-state index in [1.165, 1.54) is 17.2 Å². The van der Waals surface area contributed by atoms with Gasteiger partial charge in [-0.15, -0.1) is 0 Å². The number of aromatic nitrogens is 1. The first kappa shape index (κ1) is 13.4. The average molecular weight is 253 g/mol. The third-order valence-corrected chi connectivity index (χ3v) is 2.43. The summed E-state index contributed by atoms with van der Waals surface area (Å²) < 4.78 is 0. The molecule has 0 aliphatic heterocycles. The molecule has 1 rings (SSSR count). The number of likely N-dealkylation sites (N-methyl/N-ethyl adjacent to an activating group) is 1. The number of nitrogens with zero attached hydrogens (tertiary/aromatic N) is 1. The van der Waals surface area contributed by atoms with Gasteiger partial charge in [-0.25, -0.2) is 0 Å². The van der Waals surface area contributed by atoms with Crippen LogP contribution in [0.5, 0.6) is 0 Å². The van der Waals surface area contributed by atoms with E-state index in [2.05, 4.69) is 4.98 Å². The second-order valence-corrected chi connectivity index (χ2v) is 4.20. The summed E-state index contributed by atoms with van der Waals surface area (Å²) in [6, 6.07) is 1.39. The quantitative estimate of drug-likeness (QED) is 0.763. The number of aryl methyl sites for hydroxylation is 1. The van der Waals surface area contributed by atoms with Crippen molar-refractivity contribution in [3.05, 3.63) is 33.7 Å². The van der Waals surface area contributed by atoms with Gasteiger partial charge in [0.05, 0.1) is 11.5 Å².